The highest BCUT2D eigenvalue weighted by molar-refractivity contribution is 5.47. The van der Waals surface area contributed by atoms with Crippen molar-refractivity contribution in [2.24, 2.45) is 0 Å². The minimum absolute atomic E-state index is 0.267. The van der Waals surface area contributed by atoms with E-state index in [-0.39, 0.29) is 6.04 Å². The molecule has 3 heterocycles. The second-order valence-electron chi connectivity index (χ2n) is 4.81. The van der Waals surface area contributed by atoms with Gasteiger partial charge in [-0.1, -0.05) is 24.6 Å². The predicted molar refractivity (Wildman–Crippen MR) is 71.4 cm³/mol. The molecule has 2 aromatic rings. The second-order valence-corrected chi connectivity index (χ2v) is 4.81. The molecule has 100 valence electrons. The Balaban J connectivity index is 1.84. The first kappa shape index (κ1) is 12.3. The number of likely N-dealkylation sites (tertiary alicyclic amines) is 1. The van der Waals surface area contributed by atoms with Crippen LogP contribution in [0.5, 0.6) is 0 Å². The zero-order valence-corrected chi connectivity index (χ0v) is 11.1. The summed E-state index contributed by atoms with van der Waals surface area (Å²) in [7, 11) is 0. The van der Waals surface area contributed by atoms with E-state index in [1.54, 1.807) is 6.20 Å². The molecular weight excluding hydrogens is 240 g/mol. The van der Waals surface area contributed by atoms with Gasteiger partial charge in [-0.2, -0.15) is 4.98 Å². The minimum atomic E-state index is 0.267. The smallest absolute Gasteiger partial charge is 0.244 e. The van der Waals surface area contributed by atoms with Crippen molar-refractivity contribution in [3.63, 3.8) is 0 Å². The van der Waals surface area contributed by atoms with E-state index in [2.05, 4.69) is 26.9 Å². The van der Waals surface area contributed by atoms with Crippen LogP contribution in [0.3, 0.4) is 0 Å². The van der Waals surface area contributed by atoms with Gasteiger partial charge in [0.25, 0.3) is 0 Å². The molecule has 0 saturated carbocycles. The SMILES string of the molecule is CCN1CCCCC1c1nc(-c2ccccn2)no1. The Morgan fingerprint density at radius 1 is 1.37 bits per heavy atom. The molecular formula is C14H18N4O. The molecule has 3 rings (SSSR count). The molecule has 1 aliphatic heterocycles. The zero-order chi connectivity index (χ0) is 13.1. The number of hydrogen-bond donors (Lipinski definition) is 0. The third-order valence-electron chi connectivity index (χ3n) is 3.64. The first-order chi connectivity index (χ1) is 9.38. The van der Waals surface area contributed by atoms with Crippen LogP contribution in [0, 0.1) is 0 Å². The Labute approximate surface area is 112 Å². The van der Waals surface area contributed by atoms with Gasteiger partial charge in [0.1, 0.15) is 5.69 Å². The first-order valence-corrected chi connectivity index (χ1v) is 6.87. The fourth-order valence-corrected chi connectivity index (χ4v) is 2.62. The Morgan fingerprint density at radius 3 is 3.11 bits per heavy atom. The van der Waals surface area contributed by atoms with Crippen LogP contribution < -0.4 is 0 Å². The number of hydrogen-bond acceptors (Lipinski definition) is 5. The average molecular weight is 258 g/mol. The summed E-state index contributed by atoms with van der Waals surface area (Å²) >= 11 is 0. The highest BCUT2D eigenvalue weighted by atomic mass is 16.5. The van der Waals surface area contributed by atoms with Crippen LogP contribution in [0.2, 0.25) is 0 Å². The molecule has 1 fully saturated rings. The average Bonchev–Trinajstić information content (AvgIpc) is 2.98. The van der Waals surface area contributed by atoms with Crippen LogP contribution in [-0.4, -0.2) is 33.1 Å². The van der Waals surface area contributed by atoms with Crippen molar-refractivity contribution in [3.05, 3.63) is 30.3 Å². The van der Waals surface area contributed by atoms with E-state index < -0.39 is 0 Å². The largest absolute Gasteiger partial charge is 0.337 e. The molecule has 0 bridgehead atoms. The van der Waals surface area contributed by atoms with Gasteiger partial charge in [-0.3, -0.25) is 9.88 Å². The Bertz CT molecular complexity index is 525. The summed E-state index contributed by atoms with van der Waals surface area (Å²) < 4.78 is 5.45. The van der Waals surface area contributed by atoms with Gasteiger partial charge in [-0.05, 0) is 38.1 Å². The first-order valence-electron chi connectivity index (χ1n) is 6.87. The van der Waals surface area contributed by atoms with Crippen LogP contribution >= 0.6 is 0 Å². The molecule has 1 aliphatic rings. The van der Waals surface area contributed by atoms with Gasteiger partial charge in [-0.25, -0.2) is 0 Å². The second kappa shape index (κ2) is 5.48. The van der Waals surface area contributed by atoms with Gasteiger partial charge in [-0.15, -0.1) is 0 Å². The van der Waals surface area contributed by atoms with Gasteiger partial charge < -0.3 is 4.52 Å². The van der Waals surface area contributed by atoms with E-state index in [0.29, 0.717) is 5.82 Å². The number of pyridine rings is 1. The lowest BCUT2D eigenvalue weighted by Crippen LogP contribution is -2.33. The Hall–Kier alpha value is -1.75. The molecule has 2 aromatic heterocycles. The summed E-state index contributed by atoms with van der Waals surface area (Å²) in [5.74, 6) is 1.31. The van der Waals surface area contributed by atoms with E-state index in [0.717, 1.165) is 31.1 Å². The van der Waals surface area contributed by atoms with Gasteiger partial charge in [0.05, 0.1) is 6.04 Å². The topological polar surface area (TPSA) is 55.1 Å². The van der Waals surface area contributed by atoms with E-state index in [1.807, 2.05) is 18.2 Å². The fraction of sp³-hybridized carbons (Fsp3) is 0.500. The number of aromatic nitrogens is 3. The lowest BCUT2D eigenvalue weighted by Gasteiger charge is -2.32. The van der Waals surface area contributed by atoms with Gasteiger partial charge >= 0.3 is 0 Å². The molecule has 0 aromatic carbocycles. The Kier molecular flexibility index (Phi) is 3.55. The van der Waals surface area contributed by atoms with Crippen molar-refractivity contribution in [1.82, 2.24) is 20.0 Å². The maximum Gasteiger partial charge on any atom is 0.244 e. The van der Waals surface area contributed by atoms with Crippen LogP contribution in [-0.2, 0) is 0 Å². The standard InChI is InChI=1S/C14H18N4O/c1-2-18-10-6-4-8-12(18)14-16-13(17-19-14)11-7-3-5-9-15-11/h3,5,7,9,12H,2,4,6,8,10H2,1H3. The number of nitrogens with zero attached hydrogens (tertiary/aromatic N) is 4. The summed E-state index contributed by atoms with van der Waals surface area (Å²) in [5.41, 5.74) is 0.761. The Morgan fingerprint density at radius 2 is 2.32 bits per heavy atom. The summed E-state index contributed by atoms with van der Waals surface area (Å²) in [6, 6.07) is 5.97. The molecule has 0 N–H and O–H groups in total. The van der Waals surface area contributed by atoms with Gasteiger partial charge in [0.2, 0.25) is 11.7 Å². The summed E-state index contributed by atoms with van der Waals surface area (Å²) in [6.45, 7) is 4.31. The van der Waals surface area contributed by atoms with Gasteiger partial charge in [0, 0.05) is 6.20 Å². The fourth-order valence-electron chi connectivity index (χ4n) is 2.62. The van der Waals surface area contributed by atoms with Crippen LogP contribution in [0.1, 0.15) is 38.1 Å². The maximum atomic E-state index is 5.45. The molecule has 0 aliphatic carbocycles. The molecule has 1 saturated heterocycles. The zero-order valence-electron chi connectivity index (χ0n) is 11.1. The monoisotopic (exact) mass is 258 g/mol. The van der Waals surface area contributed by atoms with Gasteiger partial charge in [0.15, 0.2) is 0 Å². The molecule has 0 amide bonds. The summed E-state index contributed by atoms with van der Waals surface area (Å²) in [5, 5.41) is 4.06. The van der Waals surface area contributed by atoms with E-state index in [1.165, 1.54) is 12.8 Å². The van der Waals surface area contributed by atoms with Crippen molar-refractivity contribution in [2.75, 3.05) is 13.1 Å². The lowest BCUT2D eigenvalue weighted by molar-refractivity contribution is 0.125. The van der Waals surface area contributed by atoms with Crippen molar-refractivity contribution >= 4 is 0 Å². The number of rotatable bonds is 3. The minimum Gasteiger partial charge on any atom is -0.337 e. The predicted octanol–water partition coefficient (Wildman–Crippen LogP) is 2.68. The molecule has 5 nitrogen and oxygen atoms in total. The highest BCUT2D eigenvalue weighted by Gasteiger charge is 2.27. The normalized spacial score (nSPS) is 20.6. The van der Waals surface area contributed by atoms with E-state index >= 15 is 0 Å². The molecule has 1 atom stereocenters. The maximum absolute atomic E-state index is 5.45. The molecule has 1 unspecified atom stereocenters. The number of piperidine rings is 1. The van der Waals surface area contributed by atoms with Crippen molar-refractivity contribution in [1.29, 1.82) is 0 Å². The van der Waals surface area contributed by atoms with Crippen molar-refractivity contribution in [2.45, 2.75) is 32.2 Å². The van der Waals surface area contributed by atoms with Crippen LogP contribution in [0.4, 0.5) is 0 Å². The lowest BCUT2D eigenvalue weighted by atomic mass is 10.0. The summed E-state index contributed by atoms with van der Waals surface area (Å²) in [4.78, 5) is 11.2. The molecule has 19 heavy (non-hydrogen) atoms. The van der Waals surface area contributed by atoms with Crippen LogP contribution in [0.15, 0.2) is 28.9 Å². The van der Waals surface area contributed by atoms with E-state index in [9.17, 15) is 0 Å². The van der Waals surface area contributed by atoms with Crippen molar-refractivity contribution < 1.29 is 4.52 Å². The highest BCUT2D eigenvalue weighted by Crippen LogP contribution is 2.30. The molecule has 0 spiro atoms. The summed E-state index contributed by atoms with van der Waals surface area (Å²) in [6.07, 6.45) is 5.32. The van der Waals surface area contributed by atoms with Crippen LogP contribution in [0.25, 0.3) is 11.5 Å². The van der Waals surface area contributed by atoms with E-state index in [4.69, 9.17) is 4.52 Å². The van der Waals surface area contributed by atoms with Crippen molar-refractivity contribution in [3.8, 4) is 11.5 Å². The third kappa shape index (κ3) is 2.51. The molecule has 5 heteroatoms. The molecule has 0 radical (unpaired) electrons. The quantitative estimate of drug-likeness (QED) is 0.847. The third-order valence-corrected chi connectivity index (χ3v) is 3.64.